The highest BCUT2D eigenvalue weighted by molar-refractivity contribution is 5.94. The van der Waals surface area contributed by atoms with Crippen LogP contribution in [-0.4, -0.2) is 94.2 Å². The van der Waals surface area contributed by atoms with Crippen LogP contribution in [0.1, 0.15) is 115 Å². The summed E-state index contributed by atoms with van der Waals surface area (Å²) < 4.78 is 31.7. The van der Waals surface area contributed by atoms with Crippen molar-refractivity contribution in [1.29, 1.82) is 0 Å². The summed E-state index contributed by atoms with van der Waals surface area (Å²) in [7, 11) is 0. The van der Waals surface area contributed by atoms with Gasteiger partial charge < -0.3 is 34.1 Å². The van der Waals surface area contributed by atoms with Crippen LogP contribution >= 0.6 is 0 Å². The molecule has 2 N–H and O–H groups in total. The molecule has 2 aromatic carbocycles. The lowest BCUT2D eigenvalue weighted by Gasteiger charge is -2.53. The molecule has 8 aliphatic rings. The van der Waals surface area contributed by atoms with E-state index in [0.29, 0.717) is 36.2 Å². The van der Waals surface area contributed by atoms with E-state index in [1.165, 1.54) is 18.4 Å². The van der Waals surface area contributed by atoms with Crippen molar-refractivity contribution in [1.82, 2.24) is 10.4 Å². The molecule has 11 atom stereocenters. The first-order valence-corrected chi connectivity index (χ1v) is 22.7. The van der Waals surface area contributed by atoms with Gasteiger partial charge in [-0.05, 0) is 106 Å². The number of hydrogen-bond donors (Lipinski definition) is 2. The minimum Gasteiger partial charge on any atom is -0.460 e. The molecule has 4 aliphatic heterocycles. The van der Waals surface area contributed by atoms with Crippen LogP contribution < -0.4 is 5.32 Å². The van der Waals surface area contributed by atoms with E-state index in [4.69, 9.17) is 28.5 Å². The van der Waals surface area contributed by atoms with E-state index in [1.807, 2.05) is 24.3 Å². The van der Waals surface area contributed by atoms with Crippen LogP contribution in [0.15, 0.2) is 54.1 Å². The number of aliphatic hydroxyl groups excluding tert-OH is 1. The molecule has 4 saturated heterocycles. The zero-order valence-electron chi connectivity index (χ0n) is 36.4. The Morgan fingerprint density at radius 2 is 1.75 bits per heavy atom. The predicted molar refractivity (Wildman–Crippen MR) is 223 cm³/mol. The highest BCUT2D eigenvalue weighted by atomic mass is 16.8. The Hall–Kier alpha value is -3.65. The molecule has 10 rings (SSSR count). The maximum Gasteiger partial charge on any atom is 0.327 e. The van der Waals surface area contributed by atoms with Crippen LogP contribution in [0.3, 0.4) is 0 Å². The summed E-state index contributed by atoms with van der Waals surface area (Å²) >= 11 is 0. The van der Waals surface area contributed by atoms with Gasteiger partial charge in [0.25, 0.3) is 0 Å². The normalized spacial score (nSPS) is 37.5. The van der Waals surface area contributed by atoms with Crippen molar-refractivity contribution in [2.75, 3.05) is 6.61 Å². The smallest absolute Gasteiger partial charge is 0.327 e. The average molecular weight is 839 g/mol. The third kappa shape index (κ3) is 7.27. The molecule has 3 saturated carbocycles. The van der Waals surface area contributed by atoms with Crippen LogP contribution in [0.4, 0.5) is 0 Å². The number of aliphatic hydroxyl groups is 1. The Kier molecular flexibility index (Phi) is 9.97. The van der Waals surface area contributed by atoms with Crippen molar-refractivity contribution < 1.29 is 48.0 Å². The molecule has 61 heavy (non-hydrogen) atoms. The Balaban J connectivity index is 0.940. The lowest BCUT2D eigenvalue weighted by Crippen LogP contribution is -2.70. The number of esters is 2. The molecule has 7 fully saturated rings. The third-order valence-electron chi connectivity index (χ3n) is 15.4. The maximum atomic E-state index is 15.0. The van der Waals surface area contributed by atoms with Crippen LogP contribution in [-0.2, 0) is 62.3 Å². The molecular weight excluding hydrogens is 777 g/mol. The summed E-state index contributed by atoms with van der Waals surface area (Å²) in [5, 5.41) is 15.1. The number of benzene rings is 2. The zero-order chi connectivity index (χ0) is 42.7. The lowest BCUT2D eigenvalue weighted by atomic mass is 9.52. The number of epoxide rings is 1. The van der Waals surface area contributed by atoms with Gasteiger partial charge in [0.1, 0.15) is 35.4 Å². The summed E-state index contributed by atoms with van der Waals surface area (Å²) in [6.45, 7) is 12.3. The minimum atomic E-state index is -1.43. The van der Waals surface area contributed by atoms with Crippen molar-refractivity contribution in [2.24, 2.45) is 22.7 Å². The number of carbonyl (C=O) groups excluding carboxylic acids is 3. The quantitative estimate of drug-likeness (QED) is 0.222. The number of carbonyl (C=O) groups is 3. The lowest BCUT2D eigenvalue weighted by molar-refractivity contribution is -0.217. The topological polar surface area (TPSA) is 145 Å². The largest absolute Gasteiger partial charge is 0.460 e. The van der Waals surface area contributed by atoms with E-state index in [1.54, 1.807) is 25.8 Å². The SMILES string of the molecule is CC(C)(C)OC(=O)CC[C@@H](CO)NC(=O)[C@@]12C[C@H]3OC(=O)[C@@H]1N(Cc1cccc(C=C4CCC5O[C@]5(C)CC[C@@H]5[C@@H]4CC5(C)C)c1)O[C@@H]2[C@H]1OC2(Cc4ccccc4C2)O[C@H]13. The molecule has 4 heterocycles. The van der Waals surface area contributed by atoms with Crippen molar-refractivity contribution in [3.63, 3.8) is 0 Å². The third-order valence-corrected chi connectivity index (χ3v) is 15.4. The Morgan fingerprint density at radius 3 is 2.48 bits per heavy atom. The molecule has 12 nitrogen and oxygen atoms in total. The summed E-state index contributed by atoms with van der Waals surface area (Å²) in [4.78, 5) is 48.9. The second kappa shape index (κ2) is 14.7. The van der Waals surface area contributed by atoms with Crippen LogP contribution in [0.25, 0.3) is 6.08 Å². The van der Waals surface area contributed by atoms with Gasteiger partial charge in [-0.2, -0.15) is 5.06 Å². The molecule has 2 aromatic rings. The molecule has 328 valence electrons. The molecular formula is C49H62N2O10. The van der Waals surface area contributed by atoms with E-state index in [0.717, 1.165) is 41.5 Å². The molecule has 0 radical (unpaired) electrons. The van der Waals surface area contributed by atoms with Gasteiger partial charge in [-0.25, -0.2) is 0 Å². The molecule has 2 bridgehead atoms. The molecule has 1 amide bonds. The minimum absolute atomic E-state index is 0.0000601. The number of rotatable bonds is 9. The fourth-order valence-corrected chi connectivity index (χ4v) is 12.4. The zero-order valence-corrected chi connectivity index (χ0v) is 36.4. The number of nitrogens with zero attached hydrogens (tertiary/aromatic N) is 1. The van der Waals surface area contributed by atoms with Gasteiger partial charge in [0.05, 0.1) is 30.9 Å². The first-order valence-electron chi connectivity index (χ1n) is 22.7. The summed E-state index contributed by atoms with van der Waals surface area (Å²) in [6.07, 6.45) is 6.58. The van der Waals surface area contributed by atoms with Crippen molar-refractivity contribution in [3.05, 3.63) is 76.4 Å². The van der Waals surface area contributed by atoms with Crippen molar-refractivity contribution >= 4 is 23.9 Å². The first kappa shape index (κ1) is 41.4. The van der Waals surface area contributed by atoms with Gasteiger partial charge in [-0.3, -0.25) is 19.2 Å². The Bertz CT molecular complexity index is 2100. The van der Waals surface area contributed by atoms with Gasteiger partial charge in [0, 0.05) is 25.7 Å². The maximum absolute atomic E-state index is 15.0. The Labute approximate surface area is 358 Å². The van der Waals surface area contributed by atoms with Gasteiger partial charge >= 0.3 is 11.9 Å². The monoisotopic (exact) mass is 838 g/mol. The second-order valence-electron chi connectivity index (χ2n) is 21.3. The standard InChI is InChI=1S/C49H62N2O10/c1-45(2,3)58-38(53)17-15-33(27-52)50-44(55)49-25-36-39-40(60-48(59-39)22-31-12-7-8-13-32(31)23-48)42(49)61-51(41(49)43(54)56-36)26-29-11-9-10-28(20-29)21-30-14-16-37-47(6,57-37)19-18-35-34(30)24-46(35,4)5/h7-13,20-21,33-37,39-42,52H,14-19,22-27H2,1-6H3,(H,50,55)/t33-,34+,35+,36+,37?,39-,40-,41-,42+,47+,49-/m0/s1. The fraction of sp³-hybridized carbons (Fsp3) is 0.653. The second-order valence-corrected chi connectivity index (χ2v) is 21.3. The molecule has 1 unspecified atom stereocenters. The number of ether oxygens (including phenoxy) is 5. The summed E-state index contributed by atoms with van der Waals surface area (Å²) in [6, 6.07) is 14.7. The number of hydrogen-bond acceptors (Lipinski definition) is 11. The van der Waals surface area contributed by atoms with Gasteiger partial charge in [0.2, 0.25) is 5.91 Å². The van der Waals surface area contributed by atoms with Gasteiger partial charge in [-0.1, -0.05) is 74.0 Å². The van der Waals surface area contributed by atoms with Gasteiger partial charge in [0.15, 0.2) is 11.8 Å². The Morgan fingerprint density at radius 1 is 1.00 bits per heavy atom. The number of fused-ring (bicyclic) bond motifs is 7. The number of allylic oxidation sites excluding steroid dienone is 1. The van der Waals surface area contributed by atoms with E-state index >= 15 is 0 Å². The van der Waals surface area contributed by atoms with Crippen LogP contribution in [0.5, 0.6) is 0 Å². The van der Waals surface area contributed by atoms with E-state index < -0.39 is 77.8 Å². The predicted octanol–water partition coefficient (Wildman–Crippen LogP) is 6.14. The fourth-order valence-electron chi connectivity index (χ4n) is 12.4. The molecule has 0 aromatic heterocycles. The van der Waals surface area contributed by atoms with Crippen LogP contribution in [0.2, 0.25) is 0 Å². The first-order chi connectivity index (χ1) is 29.0. The van der Waals surface area contributed by atoms with Gasteiger partial charge in [-0.15, -0.1) is 0 Å². The average Bonchev–Trinajstić information content (AvgIpc) is 3.47. The number of nitrogens with one attached hydrogen (secondary N) is 1. The highest BCUT2D eigenvalue weighted by Crippen LogP contribution is 2.61. The number of hydroxylamine groups is 2. The summed E-state index contributed by atoms with van der Waals surface area (Å²) in [5.74, 6) is -1.23. The summed E-state index contributed by atoms with van der Waals surface area (Å²) in [5.41, 5.74) is 4.01. The van der Waals surface area contributed by atoms with Crippen LogP contribution in [0, 0.1) is 22.7 Å². The van der Waals surface area contributed by atoms with Crippen molar-refractivity contribution in [2.45, 2.75) is 172 Å². The molecule has 1 spiro atoms. The van der Waals surface area contributed by atoms with E-state index in [-0.39, 0.29) is 31.4 Å². The van der Waals surface area contributed by atoms with E-state index in [9.17, 15) is 19.5 Å². The van der Waals surface area contributed by atoms with E-state index in [2.05, 4.69) is 56.4 Å². The molecule has 4 aliphatic carbocycles. The number of amides is 1. The van der Waals surface area contributed by atoms with Crippen molar-refractivity contribution in [3.8, 4) is 0 Å². The molecule has 12 heteroatoms. The highest BCUT2D eigenvalue weighted by Gasteiger charge is 2.76.